The van der Waals surface area contributed by atoms with Crippen LogP contribution in [0.25, 0.3) is 0 Å². The maximum Gasteiger partial charge on any atom is 0.0347 e. The zero-order valence-electron chi connectivity index (χ0n) is 4.96. The summed E-state index contributed by atoms with van der Waals surface area (Å²) in [4.78, 5) is 0. The highest BCUT2D eigenvalue weighted by Gasteiger charge is 1.76. The molecule has 10 N–H and O–H groups in total. The zero-order chi connectivity index (χ0) is 7.66. The number of hydrogen-bond acceptors (Lipinski definition) is 9. The van der Waals surface area contributed by atoms with Crippen molar-refractivity contribution in [1.82, 2.24) is 42.4 Å². The summed E-state index contributed by atoms with van der Waals surface area (Å²) in [5.74, 6) is 4.83. The van der Waals surface area contributed by atoms with Crippen LogP contribution in [0.3, 0.4) is 0 Å². The second-order valence-electron chi connectivity index (χ2n) is 0.989. The number of hydrogen-bond donors (Lipinski definition) is 9. The molecule has 62 valence electrons. The van der Waals surface area contributed by atoms with Crippen molar-refractivity contribution in [3.63, 3.8) is 0 Å². The van der Waals surface area contributed by atoms with Gasteiger partial charge in [0, 0.05) is 22.9 Å². The van der Waals surface area contributed by atoms with Gasteiger partial charge in [-0.3, -0.25) is 5.84 Å². The fourth-order valence-corrected chi connectivity index (χ4v) is 0.320. The first-order valence-corrected chi connectivity index (χ1v) is 3.31. The van der Waals surface area contributed by atoms with Crippen LogP contribution in [-0.4, -0.2) is 0 Å². The summed E-state index contributed by atoms with van der Waals surface area (Å²) in [6.07, 6.45) is 0. The average molecular weight is 263 g/mol. The zero-order valence-corrected chi connectivity index (χ0v) is 7.11. The van der Waals surface area contributed by atoms with Crippen LogP contribution in [0.15, 0.2) is 0 Å². The normalized spacial score (nSPS) is 10.2. The van der Waals surface area contributed by atoms with Gasteiger partial charge < -0.3 is 0 Å². The molecule has 0 saturated heterocycles. The van der Waals surface area contributed by atoms with E-state index in [1.807, 2.05) is 22.9 Å². The smallest absolute Gasteiger partial charge is 0.0347 e. The van der Waals surface area contributed by atoms with Crippen molar-refractivity contribution >= 4 is 22.9 Å². The Hall–Kier alpha value is 0.370. The molecule has 0 unspecified atom stereocenters. The number of hydrazine groups is 8. The molecular formula is H10IN9. The lowest BCUT2D eigenvalue weighted by atomic mass is 12.1. The minimum Gasteiger partial charge on any atom is -0.257 e. The lowest BCUT2D eigenvalue weighted by Crippen LogP contribution is -2.62. The van der Waals surface area contributed by atoms with Gasteiger partial charge in [0.15, 0.2) is 0 Å². The van der Waals surface area contributed by atoms with E-state index >= 15 is 0 Å². The topological polar surface area (TPSA) is 122 Å². The van der Waals surface area contributed by atoms with Crippen molar-refractivity contribution in [2.24, 2.45) is 5.84 Å². The van der Waals surface area contributed by atoms with Gasteiger partial charge in [0.1, 0.15) is 0 Å². The van der Waals surface area contributed by atoms with Gasteiger partial charge in [-0.05, 0) is 0 Å². The van der Waals surface area contributed by atoms with Gasteiger partial charge in [0.25, 0.3) is 0 Å². The predicted molar refractivity (Wildman–Crippen MR) is 43.3 cm³/mol. The second-order valence-corrected chi connectivity index (χ2v) is 1.53. The molecule has 0 heterocycles. The van der Waals surface area contributed by atoms with Crippen molar-refractivity contribution in [1.29, 1.82) is 0 Å². The van der Waals surface area contributed by atoms with E-state index in [1.165, 1.54) is 0 Å². The van der Waals surface area contributed by atoms with Crippen LogP contribution >= 0.6 is 22.9 Å². The molecule has 0 spiro atoms. The summed E-state index contributed by atoms with van der Waals surface area (Å²) in [7, 11) is 0. The SMILES string of the molecule is NNNNNNNNNI. The number of rotatable bonds is 7. The van der Waals surface area contributed by atoms with E-state index in [0.29, 0.717) is 0 Å². The Labute approximate surface area is 71.5 Å². The van der Waals surface area contributed by atoms with Crippen LogP contribution in [0.4, 0.5) is 0 Å². The Balaban J connectivity index is 2.65. The summed E-state index contributed by atoms with van der Waals surface area (Å²) in [5, 5.41) is 0. The Morgan fingerprint density at radius 3 is 1.80 bits per heavy atom. The number of nitrogens with one attached hydrogen (secondary N) is 8. The molecule has 0 aromatic rings. The fourth-order valence-electron chi connectivity index (χ4n) is 0.185. The molecule has 0 atom stereocenters. The highest BCUT2D eigenvalue weighted by Crippen LogP contribution is 1.51. The van der Waals surface area contributed by atoms with E-state index in [4.69, 9.17) is 5.84 Å². The van der Waals surface area contributed by atoms with E-state index in [2.05, 4.69) is 42.4 Å². The van der Waals surface area contributed by atoms with Crippen molar-refractivity contribution in [2.75, 3.05) is 0 Å². The van der Waals surface area contributed by atoms with Gasteiger partial charge in [0.2, 0.25) is 0 Å². The van der Waals surface area contributed by atoms with Crippen molar-refractivity contribution < 1.29 is 0 Å². The molecule has 0 radical (unpaired) electrons. The van der Waals surface area contributed by atoms with Crippen molar-refractivity contribution in [2.45, 2.75) is 0 Å². The van der Waals surface area contributed by atoms with Crippen LogP contribution in [0.2, 0.25) is 0 Å². The summed E-state index contributed by atoms with van der Waals surface area (Å²) in [6.45, 7) is 0. The largest absolute Gasteiger partial charge is 0.257 e. The van der Waals surface area contributed by atoms with Crippen molar-refractivity contribution in [3.8, 4) is 0 Å². The lowest BCUT2D eigenvalue weighted by Gasteiger charge is -2.08. The van der Waals surface area contributed by atoms with Gasteiger partial charge >= 0.3 is 0 Å². The molecule has 0 bridgehead atoms. The Morgan fingerprint density at radius 1 is 0.800 bits per heavy atom. The average Bonchev–Trinajstić information content (AvgIpc) is 1.97. The molecule has 0 aliphatic carbocycles. The summed E-state index contributed by atoms with van der Waals surface area (Å²) >= 11 is 1.90. The maximum atomic E-state index is 4.83. The molecule has 0 saturated carbocycles. The minimum atomic E-state index is 1.90. The van der Waals surface area contributed by atoms with E-state index in [0.717, 1.165) is 0 Å². The molecule has 0 fully saturated rings. The number of halogens is 1. The molecule has 0 rings (SSSR count). The molecule has 0 aliphatic rings. The standard InChI is InChI=1S/H10IN9/c1-3-5-7-9-10-8-6-4-2/h3-10H,2H2. The van der Waals surface area contributed by atoms with Crippen LogP contribution in [0.1, 0.15) is 0 Å². The third kappa shape index (κ3) is 8.37. The lowest BCUT2D eigenvalue weighted by molar-refractivity contribution is 0.272. The summed E-state index contributed by atoms with van der Waals surface area (Å²) in [5.41, 5.74) is 16.8. The summed E-state index contributed by atoms with van der Waals surface area (Å²) < 4.78 is 2.58. The van der Waals surface area contributed by atoms with E-state index in [9.17, 15) is 0 Å². The highest BCUT2D eigenvalue weighted by molar-refractivity contribution is 14.1. The Morgan fingerprint density at radius 2 is 1.30 bits per heavy atom. The quantitative estimate of drug-likeness (QED) is 0.0751. The van der Waals surface area contributed by atoms with E-state index in [1.54, 1.807) is 0 Å². The van der Waals surface area contributed by atoms with E-state index < -0.39 is 0 Å². The molecule has 0 amide bonds. The third-order valence-corrected chi connectivity index (χ3v) is 0.702. The summed E-state index contributed by atoms with van der Waals surface area (Å²) in [6, 6.07) is 0. The molecule has 0 aromatic heterocycles. The second kappa shape index (κ2) is 9.37. The van der Waals surface area contributed by atoms with Gasteiger partial charge in [0.05, 0.1) is 0 Å². The molecule has 10 heteroatoms. The third-order valence-electron chi connectivity index (χ3n) is 0.432. The molecule has 0 aliphatic heterocycles. The Bertz CT molecular complexity index is 44.7. The fraction of sp³-hybridized carbons (Fsp3) is 0. The van der Waals surface area contributed by atoms with Gasteiger partial charge in [-0.25, -0.2) is 0 Å². The van der Waals surface area contributed by atoms with Crippen LogP contribution < -0.4 is 48.2 Å². The van der Waals surface area contributed by atoms with Gasteiger partial charge in [-0.1, -0.05) is 0 Å². The van der Waals surface area contributed by atoms with Crippen molar-refractivity contribution in [3.05, 3.63) is 0 Å². The first kappa shape index (κ1) is 10.4. The van der Waals surface area contributed by atoms with Gasteiger partial charge in [-0.15, -0.1) is 0 Å². The first-order valence-electron chi connectivity index (χ1n) is 2.23. The van der Waals surface area contributed by atoms with Crippen LogP contribution in [0, 0.1) is 0 Å². The maximum absolute atomic E-state index is 4.83. The van der Waals surface area contributed by atoms with E-state index in [-0.39, 0.29) is 0 Å². The Kier molecular flexibility index (Phi) is 9.72. The van der Waals surface area contributed by atoms with Crippen LogP contribution in [0.5, 0.6) is 0 Å². The minimum absolute atomic E-state index is 1.90. The first-order chi connectivity index (χ1) is 4.91. The highest BCUT2D eigenvalue weighted by atomic mass is 127. The van der Waals surface area contributed by atoms with Gasteiger partial charge in [-0.2, -0.15) is 42.4 Å². The predicted octanol–water partition coefficient (Wildman–Crippen LogP) is -3.67. The molecular weight excluding hydrogens is 253 g/mol. The molecule has 9 nitrogen and oxygen atoms in total. The molecule has 10 heavy (non-hydrogen) atoms. The monoisotopic (exact) mass is 263 g/mol. The van der Waals surface area contributed by atoms with Crippen LogP contribution in [-0.2, 0) is 0 Å². The molecule has 0 aromatic carbocycles. The number of nitrogens with two attached hydrogens (primary N) is 1.